The van der Waals surface area contributed by atoms with E-state index in [2.05, 4.69) is 155 Å². The van der Waals surface area contributed by atoms with Gasteiger partial charge in [0, 0.05) is 0 Å². The summed E-state index contributed by atoms with van der Waals surface area (Å²) >= 11 is 8.79. The predicted octanol–water partition coefficient (Wildman–Crippen LogP) is 11.7. The van der Waals surface area contributed by atoms with Crippen molar-refractivity contribution in [1.29, 1.82) is 0 Å². The van der Waals surface area contributed by atoms with E-state index in [4.69, 9.17) is 0 Å². The Balaban J connectivity index is 1.99. The molecule has 36 heavy (non-hydrogen) atoms. The normalized spacial score (nSPS) is 52.2. The molecule has 2 bridgehead atoms. The standard InChI is InChI=1S/C28H55P5Se2Si/c1-20(2,3)19(36(16,17)18)29-25(21(4,5)6)30-26(22(7,8)9)31(29)28(24(13,14)15)32(25,34)27(30,23(10,11)12)33(26,28)35/h19H,1-18H3. The van der Waals surface area contributed by atoms with Gasteiger partial charge in [-0.2, -0.15) is 0 Å². The van der Waals surface area contributed by atoms with E-state index in [9.17, 15) is 0 Å². The summed E-state index contributed by atoms with van der Waals surface area (Å²) in [7, 11) is -1.45. The van der Waals surface area contributed by atoms with Gasteiger partial charge >= 0.3 is 249 Å². The van der Waals surface area contributed by atoms with Gasteiger partial charge in [-0.25, -0.2) is 0 Å². The molecule has 0 radical (unpaired) electrons. The molecule has 6 aliphatic heterocycles. The molecule has 0 aromatic carbocycles. The van der Waals surface area contributed by atoms with E-state index in [1.54, 1.807) is 0 Å². The molecule has 0 N–H and O–H groups in total. The molecule has 0 saturated carbocycles. The fourth-order valence-corrected chi connectivity index (χ4v) is 136. The Bertz CT molecular complexity index is 1040. The van der Waals surface area contributed by atoms with Gasteiger partial charge < -0.3 is 0 Å². The quantitative estimate of drug-likeness (QED) is 0.196. The van der Waals surface area contributed by atoms with E-state index < -0.39 is 20.0 Å². The third-order valence-corrected chi connectivity index (χ3v) is 82.5. The number of hydrogen-bond acceptors (Lipinski definition) is 0. The van der Waals surface area contributed by atoms with E-state index in [1.165, 1.54) is 0 Å². The number of rotatable bonds is 2. The summed E-state index contributed by atoms with van der Waals surface area (Å²) in [5.41, 5.74) is 2.04. The molecule has 6 heterocycles. The van der Waals surface area contributed by atoms with Crippen LogP contribution in [-0.4, -0.2) is 63.1 Å². The first kappa shape index (κ1) is 30.9. The maximum absolute atomic E-state index is 4.44. The van der Waals surface area contributed by atoms with Crippen LogP contribution in [0.25, 0.3) is 0 Å². The number of hydrogen-bond donors (Lipinski definition) is 0. The predicted molar refractivity (Wildman–Crippen MR) is 181 cm³/mol. The molecule has 6 rings (SSSR count). The first-order valence-electron chi connectivity index (χ1n) is 14.1. The second-order valence-electron chi connectivity index (χ2n) is 18.9. The molecule has 10 unspecified atom stereocenters. The van der Waals surface area contributed by atoms with Crippen LogP contribution in [0.5, 0.6) is 0 Å². The van der Waals surface area contributed by atoms with Crippen molar-refractivity contribution in [3.8, 4) is 0 Å². The Labute approximate surface area is 247 Å². The fraction of sp³-hybridized carbons (Fsp3) is 1.00. The Morgan fingerprint density at radius 1 is 0.583 bits per heavy atom. The van der Waals surface area contributed by atoms with Crippen molar-refractivity contribution < 1.29 is 0 Å². The first-order chi connectivity index (χ1) is 15.5. The van der Waals surface area contributed by atoms with Crippen molar-refractivity contribution in [2.75, 3.05) is 0 Å². The zero-order chi connectivity index (χ0) is 28.3. The molecule has 0 amide bonds. The van der Waals surface area contributed by atoms with Crippen molar-refractivity contribution in [2.45, 2.75) is 147 Å². The van der Waals surface area contributed by atoms with Gasteiger partial charge in [0.1, 0.15) is 0 Å². The Hall–Kier alpha value is 3.41. The monoisotopic (exact) mass is 734 g/mol. The van der Waals surface area contributed by atoms with E-state index in [0.717, 1.165) is 5.28 Å². The zero-order valence-electron chi connectivity index (χ0n) is 26.6. The molecular weight excluding hydrogens is 677 g/mol. The summed E-state index contributed by atoms with van der Waals surface area (Å²) in [6, 6.07) is 0. The van der Waals surface area contributed by atoms with Crippen LogP contribution in [0.1, 0.15) is 104 Å². The Morgan fingerprint density at radius 2 is 0.944 bits per heavy atom. The van der Waals surface area contributed by atoms with Crippen molar-refractivity contribution in [1.82, 2.24) is 0 Å². The van der Waals surface area contributed by atoms with Crippen LogP contribution >= 0.6 is 35.0 Å². The molecule has 6 saturated heterocycles. The summed E-state index contributed by atoms with van der Waals surface area (Å²) in [6.45, 7) is 48.8. The molecular formula is C28H55P5Se2Si. The van der Waals surface area contributed by atoms with E-state index in [-0.39, 0.29) is 23.1 Å². The first-order valence-corrected chi connectivity index (χ1v) is 30.5. The van der Waals surface area contributed by atoms with Gasteiger partial charge in [-0.05, 0) is 0 Å². The van der Waals surface area contributed by atoms with Crippen molar-refractivity contribution in [3.63, 3.8) is 0 Å². The Morgan fingerprint density at radius 3 is 1.22 bits per heavy atom. The van der Waals surface area contributed by atoms with Gasteiger partial charge in [-0.3, -0.25) is 0 Å². The van der Waals surface area contributed by atoms with Crippen LogP contribution in [0.15, 0.2) is 0 Å². The third-order valence-electron chi connectivity index (χ3n) is 10.6. The minimum atomic E-state index is -1.42. The van der Waals surface area contributed by atoms with Gasteiger partial charge in [0.05, 0.1) is 0 Å². The summed E-state index contributed by atoms with van der Waals surface area (Å²) < 4.78 is 2.61. The summed E-state index contributed by atoms with van der Waals surface area (Å²) in [4.78, 5) is 0. The minimum absolute atomic E-state index is 0.00608. The average molecular weight is 733 g/mol. The van der Waals surface area contributed by atoms with Crippen LogP contribution in [-0.2, 0) is 0 Å². The molecule has 0 nitrogen and oxygen atoms in total. The van der Waals surface area contributed by atoms with Gasteiger partial charge in [-0.15, -0.1) is 0 Å². The molecule has 0 aliphatic carbocycles. The third kappa shape index (κ3) is 2.22. The topological polar surface area (TPSA) is 0 Å². The van der Waals surface area contributed by atoms with Crippen LogP contribution in [0, 0.1) is 27.1 Å². The van der Waals surface area contributed by atoms with Gasteiger partial charge in [0.2, 0.25) is 0 Å². The second-order valence-corrected chi connectivity index (χ2v) is 51.3. The molecule has 208 valence electrons. The van der Waals surface area contributed by atoms with Crippen LogP contribution in [0.2, 0.25) is 19.6 Å². The molecule has 6 fully saturated rings. The van der Waals surface area contributed by atoms with Gasteiger partial charge in [0.25, 0.3) is 0 Å². The average Bonchev–Trinajstić information content (AvgIpc) is 2.69. The molecule has 0 spiro atoms. The summed E-state index contributed by atoms with van der Waals surface area (Å²) in [5.74, 6) is -2.63. The van der Waals surface area contributed by atoms with Crippen LogP contribution in [0.3, 0.4) is 0 Å². The molecule has 0 aromatic heterocycles. The van der Waals surface area contributed by atoms with Gasteiger partial charge in [0.15, 0.2) is 0 Å². The van der Waals surface area contributed by atoms with E-state index in [1.807, 2.05) is 0 Å². The van der Waals surface area contributed by atoms with Crippen molar-refractivity contribution in [3.05, 3.63) is 0 Å². The zero-order valence-corrected chi connectivity index (χ0v) is 35.5. The van der Waals surface area contributed by atoms with Gasteiger partial charge in [-0.1, -0.05) is 0 Å². The molecule has 8 heteroatoms. The molecule has 6 aliphatic rings. The van der Waals surface area contributed by atoms with Crippen molar-refractivity contribution >= 4 is 74.3 Å². The van der Waals surface area contributed by atoms with Crippen LogP contribution < -0.4 is 0 Å². The SMILES string of the molecule is CC(C)(C)C(P1P2C3(C(C)(C)C)P4C1(C(C)(C)C)[P+]1([Se-])C2(C(C)(C)C)[P+]3([Se-])C41C(C)(C)C)[Si](C)(C)C. The molecule has 0 aromatic rings. The van der Waals surface area contributed by atoms with Crippen LogP contribution in [0.4, 0.5) is 0 Å². The fourth-order valence-electron chi connectivity index (χ4n) is 11.3. The maximum atomic E-state index is 4.44. The van der Waals surface area contributed by atoms with Crippen molar-refractivity contribution in [2.24, 2.45) is 27.1 Å². The van der Waals surface area contributed by atoms with E-state index >= 15 is 0 Å². The summed E-state index contributed by atoms with van der Waals surface area (Å²) in [6.07, 6.45) is 0. The summed E-state index contributed by atoms with van der Waals surface area (Å²) in [5, 5.41) is 0.960. The Kier molecular flexibility index (Phi) is 6.03. The van der Waals surface area contributed by atoms with E-state index in [0.29, 0.717) is 45.6 Å². The second kappa shape index (κ2) is 7.03. The molecule has 10 atom stereocenters.